The first-order chi connectivity index (χ1) is 11.1. The number of carbonyl (C=O) groups is 4. The van der Waals surface area contributed by atoms with Gasteiger partial charge in [0, 0.05) is 19.3 Å². The second-order valence-corrected chi connectivity index (χ2v) is 5.09. The van der Waals surface area contributed by atoms with E-state index in [9.17, 15) is 19.2 Å². The van der Waals surface area contributed by atoms with Crippen LogP contribution in [0.25, 0.3) is 0 Å². The minimum absolute atomic E-state index is 0.0109. The lowest BCUT2D eigenvalue weighted by Crippen LogP contribution is -2.36. The van der Waals surface area contributed by atoms with Crippen molar-refractivity contribution < 1.29 is 33.8 Å². The van der Waals surface area contributed by atoms with Crippen LogP contribution in [-0.4, -0.2) is 53.8 Å². The van der Waals surface area contributed by atoms with Crippen LogP contribution in [0.15, 0.2) is 0 Å². The van der Waals surface area contributed by atoms with Crippen LogP contribution in [0.2, 0.25) is 0 Å². The van der Waals surface area contributed by atoms with E-state index in [0.29, 0.717) is 0 Å². The number of hydrogen-bond acceptors (Lipinski definition) is 10. The molecule has 9 N–H and O–H groups in total. The minimum atomic E-state index is -1.26. The molecule has 0 radical (unpaired) electrons. The second-order valence-electron chi connectivity index (χ2n) is 5.09. The first kappa shape index (κ1) is 21.9. The first-order valence-electron chi connectivity index (χ1n) is 7.28. The van der Waals surface area contributed by atoms with Crippen LogP contribution in [0.4, 0.5) is 0 Å². The Bertz CT molecular complexity index is 456. The van der Waals surface area contributed by atoms with Crippen molar-refractivity contribution in [1.82, 2.24) is 0 Å². The fourth-order valence-corrected chi connectivity index (χ4v) is 1.42. The summed E-state index contributed by atoms with van der Waals surface area (Å²) in [6.45, 7) is 0.0109. The van der Waals surface area contributed by atoms with Gasteiger partial charge in [0.05, 0.1) is 12.8 Å². The quantitative estimate of drug-likeness (QED) is 0.150. The Morgan fingerprint density at radius 2 is 1.33 bits per heavy atom. The number of carbonyl (C=O) groups excluding carboxylic acids is 3. The molecule has 0 saturated heterocycles. The molecular formula is C13H24N4O7. The average Bonchev–Trinajstić information content (AvgIpc) is 2.49. The zero-order valence-electron chi connectivity index (χ0n) is 13.2. The molecule has 0 bridgehead atoms. The Labute approximate surface area is 138 Å². The van der Waals surface area contributed by atoms with Crippen molar-refractivity contribution >= 4 is 23.9 Å². The highest BCUT2D eigenvalue weighted by Gasteiger charge is 2.20. The third kappa shape index (κ3) is 10.6. The number of esters is 3. The van der Waals surface area contributed by atoms with Crippen LogP contribution in [0, 0.1) is 0 Å². The number of ether oxygens (including phenoxy) is 2. The van der Waals surface area contributed by atoms with Gasteiger partial charge in [-0.2, -0.15) is 0 Å². The molecular weight excluding hydrogens is 324 g/mol. The maximum Gasteiger partial charge on any atom is 0.322 e. The minimum Gasteiger partial charge on any atom is -0.480 e. The predicted molar refractivity (Wildman–Crippen MR) is 80.9 cm³/mol. The topological polar surface area (TPSA) is 211 Å². The SMILES string of the molecule is NC(N)CCOC(=O)[C@@H](N)CCC(=O)OC(=O)CC[C@H](N)C(=O)O. The van der Waals surface area contributed by atoms with E-state index < -0.39 is 42.1 Å². The zero-order valence-corrected chi connectivity index (χ0v) is 13.2. The van der Waals surface area contributed by atoms with Crippen molar-refractivity contribution in [2.45, 2.75) is 50.4 Å². The molecule has 0 aromatic carbocycles. The molecule has 0 heterocycles. The molecule has 0 rings (SSSR count). The number of carboxylic acids is 1. The lowest BCUT2D eigenvalue weighted by atomic mass is 10.1. The van der Waals surface area contributed by atoms with Crippen LogP contribution < -0.4 is 22.9 Å². The Balaban J connectivity index is 3.96. The van der Waals surface area contributed by atoms with Gasteiger partial charge >= 0.3 is 23.9 Å². The third-order valence-corrected chi connectivity index (χ3v) is 2.86. The summed E-state index contributed by atoms with van der Waals surface area (Å²) in [5, 5.41) is 8.55. The van der Waals surface area contributed by atoms with Crippen LogP contribution >= 0.6 is 0 Å². The molecule has 0 aromatic rings. The van der Waals surface area contributed by atoms with Crippen molar-refractivity contribution in [3.8, 4) is 0 Å². The van der Waals surface area contributed by atoms with E-state index in [1.807, 2.05) is 0 Å². The molecule has 0 aliphatic rings. The number of carboxylic acid groups (broad SMARTS) is 1. The van der Waals surface area contributed by atoms with E-state index in [2.05, 4.69) is 4.74 Å². The van der Waals surface area contributed by atoms with Crippen molar-refractivity contribution in [3.63, 3.8) is 0 Å². The van der Waals surface area contributed by atoms with Gasteiger partial charge in [-0.3, -0.25) is 19.2 Å². The fraction of sp³-hybridized carbons (Fsp3) is 0.692. The summed E-state index contributed by atoms with van der Waals surface area (Å²) in [5.74, 6) is -3.75. The van der Waals surface area contributed by atoms with Crippen molar-refractivity contribution in [3.05, 3.63) is 0 Å². The van der Waals surface area contributed by atoms with E-state index in [0.717, 1.165) is 0 Å². The average molecular weight is 348 g/mol. The van der Waals surface area contributed by atoms with E-state index >= 15 is 0 Å². The molecule has 2 atom stereocenters. The van der Waals surface area contributed by atoms with Crippen molar-refractivity contribution in [2.75, 3.05) is 6.61 Å². The van der Waals surface area contributed by atoms with Crippen LogP contribution in [-0.2, 0) is 28.7 Å². The molecule has 0 aromatic heterocycles. The zero-order chi connectivity index (χ0) is 18.7. The predicted octanol–water partition coefficient (Wildman–Crippen LogP) is -2.47. The molecule has 0 spiro atoms. The molecule has 11 heteroatoms. The van der Waals surface area contributed by atoms with Gasteiger partial charge in [0.25, 0.3) is 0 Å². The van der Waals surface area contributed by atoms with Gasteiger partial charge in [-0.15, -0.1) is 0 Å². The number of aliphatic carboxylic acids is 1. The maximum absolute atomic E-state index is 11.5. The van der Waals surface area contributed by atoms with Gasteiger partial charge in [-0.25, -0.2) is 0 Å². The highest BCUT2D eigenvalue weighted by atomic mass is 16.6. The smallest absolute Gasteiger partial charge is 0.322 e. The summed E-state index contributed by atoms with van der Waals surface area (Å²) in [7, 11) is 0. The van der Waals surface area contributed by atoms with E-state index in [4.69, 9.17) is 32.8 Å². The van der Waals surface area contributed by atoms with Crippen molar-refractivity contribution in [1.29, 1.82) is 0 Å². The van der Waals surface area contributed by atoms with Gasteiger partial charge in [-0.1, -0.05) is 0 Å². The summed E-state index contributed by atoms with van der Waals surface area (Å²) in [5.41, 5.74) is 21.3. The first-order valence-corrected chi connectivity index (χ1v) is 7.28. The van der Waals surface area contributed by atoms with E-state index in [-0.39, 0.29) is 38.7 Å². The van der Waals surface area contributed by atoms with Gasteiger partial charge in [-0.05, 0) is 12.8 Å². The van der Waals surface area contributed by atoms with Crippen LogP contribution in [0.5, 0.6) is 0 Å². The maximum atomic E-state index is 11.5. The molecule has 0 amide bonds. The van der Waals surface area contributed by atoms with Crippen molar-refractivity contribution in [2.24, 2.45) is 22.9 Å². The molecule has 0 fully saturated rings. The van der Waals surface area contributed by atoms with Gasteiger partial charge < -0.3 is 37.5 Å². The Morgan fingerprint density at radius 1 is 0.833 bits per heavy atom. The summed E-state index contributed by atoms with van der Waals surface area (Å²) >= 11 is 0. The lowest BCUT2D eigenvalue weighted by molar-refractivity contribution is -0.159. The number of rotatable bonds is 11. The van der Waals surface area contributed by atoms with Gasteiger partial charge in [0.15, 0.2) is 0 Å². The second kappa shape index (κ2) is 11.5. The fourth-order valence-electron chi connectivity index (χ4n) is 1.42. The Hall–Kier alpha value is -2.08. The van der Waals surface area contributed by atoms with Gasteiger partial charge in [0.2, 0.25) is 0 Å². The largest absolute Gasteiger partial charge is 0.480 e. The van der Waals surface area contributed by atoms with Crippen LogP contribution in [0.3, 0.4) is 0 Å². The summed E-state index contributed by atoms with van der Waals surface area (Å²) in [6, 6.07) is -2.26. The summed E-state index contributed by atoms with van der Waals surface area (Å²) in [6.07, 6.45) is -1.15. The van der Waals surface area contributed by atoms with Gasteiger partial charge in [0.1, 0.15) is 12.1 Å². The molecule has 0 aliphatic carbocycles. The third-order valence-electron chi connectivity index (χ3n) is 2.86. The molecule has 0 saturated carbocycles. The number of hydrogen-bond donors (Lipinski definition) is 5. The molecule has 24 heavy (non-hydrogen) atoms. The molecule has 0 unspecified atom stereocenters. The lowest BCUT2D eigenvalue weighted by Gasteiger charge is -2.12. The van der Waals surface area contributed by atoms with E-state index in [1.165, 1.54) is 0 Å². The van der Waals surface area contributed by atoms with E-state index in [1.54, 1.807) is 0 Å². The monoisotopic (exact) mass is 348 g/mol. The normalized spacial score (nSPS) is 13.2. The molecule has 138 valence electrons. The highest BCUT2D eigenvalue weighted by molar-refractivity contribution is 5.86. The molecule has 11 nitrogen and oxygen atoms in total. The highest BCUT2D eigenvalue weighted by Crippen LogP contribution is 2.03. The standard InChI is InChI=1S/C13H24N4O7/c14-7(12(20)21)1-3-10(18)24-11(19)4-2-8(15)13(22)23-6-5-9(16)17/h7-9H,1-6,14-17H2,(H,20,21)/t7-,8-/m0/s1. The summed E-state index contributed by atoms with van der Waals surface area (Å²) < 4.78 is 9.26. The Kier molecular flexibility index (Phi) is 10.5. The summed E-state index contributed by atoms with van der Waals surface area (Å²) in [4.78, 5) is 44.7. The molecule has 0 aliphatic heterocycles. The van der Waals surface area contributed by atoms with Crippen LogP contribution in [0.1, 0.15) is 32.1 Å². The number of nitrogens with two attached hydrogens (primary N) is 4. The Morgan fingerprint density at radius 3 is 1.79 bits per heavy atom.